The van der Waals surface area contributed by atoms with Gasteiger partial charge in [0, 0.05) is 11.8 Å². The molecule has 0 saturated carbocycles. The molecule has 128 valence electrons. The van der Waals surface area contributed by atoms with Crippen LogP contribution in [0, 0.1) is 0 Å². The van der Waals surface area contributed by atoms with E-state index in [1.165, 1.54) is 0 Å². The van der Waals surface area contributed by atoms with Crippen molar-refractivity contribution in [3.8, 4) is 11.5 Å². The van der Waals surface area contributed by atoms with E-state index in [1.54, 1.807) is 19.2 Å². The van der Waals surface area contributed by atoms with E-state index in [2.05, 4.69) is 5.32 Å². The van der Waals surface area contributed by atoms with E-state index >= 15 is 0 Å². The highest BCUT2D eigenvalue weighted by molar-refractivity contribution is 5.96. The van der Waals surface area contributed by atoms with Crippen LogP contribution >= 0.6 is 0 Å². The van der Waals surface area contributed by atoms with Gasteiger partial charge in [-0.05, 0) is 35.4 Å². The number of fused-ring (bicyclic) bond motifs is 1. The van der Waals surface area contributed by atoms with Gasteiger partial charge in [-0.25, -0.2) is 0 Å². The first kappa shape index (κ1) is 16.8. The molecule has 0 saturated heterocycles. The van der Waals surface area contributed by atoms with Crippen molar-refractivity contribution in [1.29, 1.82) is 0 Å². The first-order chi connectivity index (χ1) is 12.2. The molecule has 0 aliphatic rings. The van der Waals surface area contributed by atoms with E-state index in [1.807, 2.05) is 55.5 Å². The highest BCUT2D eigenvalue weighted by atomic mass is 16.5. The minimum Gasteiger partial charge on any atom is -0.493 e. The molecule has 0 heterocycles. The molecule has 3 aromatic carbocycles. The Morgan fingerprint density at radius 3 is 2.60 bits per heavy atom. The molecule has 0 fully saturated rings. The van der Waals surface area contributed by atoms with Crippen molar-refractivity contribution >= 4 is 22.4 Å². The second-order valence-electron chi connectivity index (χ2n) is 5.66. The Bertz CT molecular complexity index is 884. The first-order valence-corrected chi connectivity index (χ1v) is 8.28. The smallest absolute Gasteiger partial charge is 0.228 e. The quantitative estimate of drug-likeness (QED) is 0.725. The molecule has 0 aromatic heterocycles. The SMILES string of the molecule is CCOc1ccc(NC(=O)Cc2cccc3ccccc23)cc1OC. The Kier molecular flexibility index (Phi) is 5.19. The fourth-order valence-electron chi connectivity index (χ4n) is 2.84. The normalized spacial score (nSPS) is 10.5. The van der Waals surface area contributed by atoms with Crippen LogP contribution in [-0.2, 0) is 11.2 Å². The molecule has 0 unspecified atom stereocenters. The average molecular weight is 335 g/mol. The van der Waals surface area contributed by atoms with Gasteiger partial charge in [-0.15, -0.1) is 0 Å². The van der Waals surface area contributed by atoms with Crippen LogP contribution in [-0.4, -0.2) is 19.6 Å². The van der Waals surface area contributed by atoms with Crippen LogP contribution in [0.3, 0.4) is 0 Å². The zero-order valence-corrected chi connectivity index (χ0v) is 14.4. The van der Waals surface area contributed by atoms with Crippen LogP contribution in [0.15, 0.2) is 60.7 Å². The molecule has 25 heavy (non-hydrogen) atoms. The predicted molar refractivity (Wildman–Crippen MR) is 100 cm³/mol. The van der Waals surface area contributed by atoms with Crippen molar-refractivity contribution in [3.05, 3.63) is 66.2 Å². The van der Waals surface area contributed by atoms with Crippen molar-refractivity contribution in [2.75, 3.05) is 19.0 Å². The lowest BCUT2D eigenvalue weighted by Gasteiger charge is -2.12. The minimum atomic E-state index is -0.0671. The van der Waals surface area contributed by atoms with Crippen molar-refractivity contribution in [3.63, 3.8) is 0 Å². The standard InChI is InChI=1S/C21H21NO3/c1-3-25-19-12-11-17(14-20(19)24-2)22-21(23)13-16-9-6-8-15-7-4-5-10-18(15)16/h4-12,14H,3,13H2,1-2H3,(H,22,23). The molecular weight excluding hydrogens is 314 g/mol. The second kappa shape index (κ2) is 7.71. The Morgan fingerprint density at radius 2 is 1.80 bits per heavy atom. The van der Waals surface area contributed by atoms with E-state index in [0.717, 1.165) is 16.3 Å². The number of amides is 1. The van der Waals surface area contributed by atoms with Crippen molar-refractivity contribution in [2.45, 2.75) is 13.3 Å². The minimum absolute atomic E-state index is 0.0671. The maximum absolute atomic E-state index is 12.5. The molecule has 0 aliphatic carbocycles. The highest BCUT2D eigenvalue weighted by Crippen LogP contribution is 2.30. The summed E-state index contributed by atoms with van der Waals surface area (Å²) in [6.07, 6.45) is 0.316. The number of methoxy groups -OCH3 is 1. The van der Waals surface area contributed by atoms with Crippen LogP contribution in [0.25, 0.3) is 10.8 Å². The maximum Gasteiger partial charge on any atom is 0.228 e. The number of ether oxygens (including phenoxy) is 2. The van der Waals surface area contributed by atoms with Crippen molar-refractivity contribution < 1.29 is 14.3 Å². The van der Waals surface area contributed by atoms with Gasteiger partial charge in [0.15, 0.2) is 11.5 Å². The number of nitrogens with one attached hydrogen (secondary N) is 1. The first-order valence-electron chi connectivity index (χ1n) is 8.28. The molecule has 1 N–H and O–H groups in total. The van der Waals surface area contributed by atoms with Gasteiger partial charge in [0.2, 0.25) is 5.91 Å². The number of benzene rings is 3. The summed E-state index contributed by atoms with van der Waals surface area (Å²) in [7, 11) is 1.58. The zero-order chi connectivity index (χ0) is 17.6. The summed E-state index contributed by atoms with van der Waals surface area (Å²) in [6, 6.07) is 19.5. The van der Waals surface area contributed by atoms with Crippen LogP contribution in [0.5, 0.6) is 11.5 Å². The lowest BCUT2D eigenvalue weighted by Crippen LogP contribution is -2.14. The van der Waals surface area contributed by atoms with Gasteiger partial charge in [-0.3, -0.25) is 4.79 Å². The van der Waals surface area contributed by atoms with Gasteiger partial charge in [0.05, 0.1) is 20.1 Å². The average Bonchev–Trinajstić information content (AvgIpc) is 2.63. The number of rotatable bonds is 6. The van der Waals surface area contributed by atoms with Gasteiger partial charge < -0.3 is 14.8 Å². The van der Waals surface area contributed by atoms with Gasteiger partial charge in [0.1, 0.15) is 0 Å². The topological polar surface area (TPSA) is 47.6 Å². The lowest BCUT2D eigenvalue weighted by atomic mass is 10.0. The third kappa shape index (κ3) is 3.91. The number of hydrogen-bond donors (Lipinski definition) is 1. The summed E-state index contributed by atoms with van der Waals surface area (Å²) < 4.78 is 10.8. The molecule has 0 atom stereocenters. The monoisotopic (exact) mass is 335 g/mol. The number of hydrogen-bond acceptors (Lipinski definition) is 3. The Balaban J connectivity index is 1.76. The number of carbonyl (C=O) groups excluding carboxylic acids is 1. The predicted octanol–water partition coefficient (Wildman–Crippen LogP) is 4.43. The van der Waals surface area contributed by atoms with E-state index in [-0.39, 0.29) is 5.91 Å². The molecule has 3 aromatic rings. The van der Waals surface area contributed by atoms with Gasteiger partial charge >= 0.3 is 0 Å². The van der Waals surface area contributed by atoms with Crippen LogP contribution in [0.2, 0.25) is 0 Å². The van der Waals surface area contributed by atoms with Gasteiger partial charge in [0.25, 0.3) is 0 Å². The molecule has 0 radical (unpaired) electrons. The summed E-state index contributed by atoms with van der Waals surface area (Å²) in [6.45, 7) is 2.47. The Hall–Kier alpha value is -3.01. The van der Waals surface area contributed by atoms with Crippen LogP contribution in [0.1, 0.15) is 12.5 Å². The Labute approximate surface area is 147 Å². The summed E-state index contributed by atoms with van der Waals surface area (Å²) in [5.74, 6) is 1.20. The van der Waals surface area contributed by atoms with E-state index in [9.17, 15) is 4.79 Å². The van der Waals surface area contributed by atoms with Crippen LogP contribution < -0.4 is 14.8 Å². The number of anilines is 1. The van der Waals surface area contributed by atoms with Crippen molar-refractivity contribution in [1.82, 2.24) is 0 Å². The Morgan fingerprint density at radius 1 is 1.00 bits per heavy atom. The van der Waals surface area contributed by atoms with E-state index in [0.29, 0.717) is 30.2 Å². The molecular formula is C21H21NO3. The summed E-state index contributed by atoms with van der Waals surface area (Å²) in [5, 5.41) is 5.16. The summed E-state index contributed by atoms with van der Waals surface area (Å²) >= 11 is 0. The van der Waals surface area contributed by atoms with E-state index < -0.39 is 0 Å². The fourth-order valence-corrected chi connectivity index (χ4v) is 2.84. The number of carbonyl (C=O) groups is 1. The highest BCUT2D eigenvalue weighted by Gasteiger charge is 2.10. The lowest BCUT2D eigenvalue weighted by molar-refractivity contribution is -0.115. The third-order valence-corrected chi connectivity index (χ3v) is 3.98. The molecule has 4 nitrogen and oxygen atoms in total. The second-order valence-corrected chi connectivity index (χ2v) is 5.66. The van der Waals surface area contributed by atoms with Crippen molar-refractivity contribution in [2.24, 2.45) is 0 Å². The molecule has 0 bridgehead atoms. The van der Waals surface area contributed by atoms with Gasteiger partial charge in [-0.1, -0.05) is 42.5 Å². The fraction of sp³-hybridized carbons (Fsp3) is 0.190. The molecule has 4 heteroatoms. The van der Waals surface area contributed by atoms with E-state index in [4.69, 9.17) is 9.47 Å². The molecule has 0 spiro atoms. The molecule has 3 rings (SSSR count). The van der Waals surface area contributed by atoms with Gasteiger partial charge in [-0.2, -0.15) is 0 Å². The summed E-state index contributed by atoms with van der Waals surface area (Å²) in [5.41, 5.74) is 1.69. The summed E-state index contributed by atoms with van der Waals surface area (Å²) in [4.78, 5) is 12.5. The zero-order valence-electron chi connectivity index (χ0n) is 14.4. The molecule has 1 amide bonds. The maximum atomic E-state index is 12.5. The largest absolute Gasteiger partial charge is 0.493 e. The van der Waals surface area contributed by atoms with Crippen LogP contribution in [0.4, 0.5) is 5.69 Å². The third-order valence-electron chi connectivity index (χ3n) is 3.98. The molecule has 0 aliphatic heterocycles.